The van der Waals surface area contributed by atoms with Crippen molar-refractivity contribution < 1.29 is 13.7 Å². The van der Waals surface area contributed by atoms with E-state index in [1.54, 1.807) is 0 Å². The van der Waals surface area contributed by atoms with E-state index < -0.39 is 0 Å². The van der Waals surface area contributed by atoms with Crippen LogP contribution < -0.4 is 4.74 Å². The summed E-state index contributed by atoms with van der Waals surface area (Å²) >= 11 is 2.15. The number of rotatable bonds is 4. The Bertz CT molecular complexity index is 253. The highest BCUT2D eigenvalue weighted by Crippen LogP contribution is 2.26. The molecule has 1 aromatic heterocycles. The third kappa shape index (κ3) is 2.57. The van der Waals surface area contributed by atoms with Gasteiger partial charge in [0.15, 0.2) is 5.76 Å². The molecule has 0 amide bonds. The van der Waals surface area contributed by atoms with Gasteiger partial charge in [0.25, 0.3) is 0 Å². The van der Waals surface area contributed by atoms with Gasteiger partial charge in [0.05, 0.1) is 19.3 Å². The monoisotopic (exact) mass is 301 g/mol. The van der Waals surface area contributed by atoms with E-state index in [1.165, 1.54) is 7.11 Å². The first kappa shape index (κ1) is 10.2. The summed E-state index contributed by atoms with van der Waals surface area (Å²) in [6.45, 7) is 2.75. The van der Waals surface area contributed by atoms with Gasteiger partial charge in [-0.1, -0.05) is 0 Å². The predicted octanol–water partition coefficient (Wildman–Crippen LogP) is 2.45. The summed E-state index contributed by atoms with van der Waals surface area (Å²) in [5.74, 6) is 0.732. The standard InChI is InChI=1S/C6H9INO3P/c1-4-5(3-10-12-7)11-6(8-4)9-2/h12H,3H2,1-2H3. The Morgan fingerprint density at radius 2 is 2.42 bits per heavy atom. The second kappa shape index (κ2) is 4.99. The molecule has 6 heteroatoms. The molecule has 0 saturated heterocycles. The fourth-order valence-corrected chi connectivity index (χ4v) is 1.37. The highest BCUT2D eigenvalue weighted by atomic mass is 127. The van der Waals surface area contributed by atoms with Crippen LogP contribution in [0.3, 0.4) is 0 Å². The Hall–Kier alpha value is 0.130. The first-order valence-electron chi connectivity index (χ1n) is 3.25. The van der Waals surface area contributed by atoms with Crippen molar-refractivity contribution in [3.05, 3.63) is 11.5 Å². The molecule has 12 heavy (non-hydrogen) atoms. The zero-order valence-electron chi connectivity index (χ0n) is 6.76. The summed E-state index contributed by atoms with van der Waals surface area (Å²) in [6, 6.07) is 0. The van der Waals surface area contributed by atoms with Crippen molar-refractivity contribution in [2.75, 3.05) is 7.11 Å². The molecule has 0 aliphatic rings. The van der Waals surface area contributed by atoms with E-state index >= 15 is 0 Å². The number of hydrogen-bond donors (Lipinski definition) is 0. The first-order valence-corrected chi connectivity index (χ1v) is 7.28. The van der Waals surface area contributed by atoms with E-state index in [-0.39, 0.29) is 0 Å². The molecule has 4 nitrogen and oxygen atoms in total. The maximum absolute atomic E-state index is 5.21. The lowest BCUT2D eigenvalue weighted by molar-refractivity contribution is 0.251. The molecule has 0 spiro atoms. The highest BCUT2D eigenvalue weighted by Gasteiger charge is 2.08. The van der Waals surface area contributed by atoms with Gasteiger partial charge in [0.1, 0.15) is 6.61 Å². The van der Waals surface area contributed by atoms with Crippen LogP contribution in [0.15, 0.2) is 4.42 Å². The van der Waals surface area contributed by atoms with Crippen LogP contribution in [0.25, 0.3) is 0 Å². The molecular formula is C6H9INO3P. The molecule has 1 unspecified atom stereocenters. The predicted molar refractivity (Wildman–Crippen MR) is 54.9 cm³/mol. The van der Waals surface area contributed by atoms with Crippen LogP contribution in [0.4, 0.5) is 0 Å². The number of aromatic nitrogens is 1. The quantitative estimate of drug-likeness (QED) is 0.633. The molecule has 1 rings (SSSR count). The minimum atomic E-state index is 0.294. The van der Waals surface area contributed by atoms with Crippen molar-refractivity contribution in [1.82, 2.24) is 4.98 Å². The summed E-state index contributed by atoms with van der Waals surface area (Å²) < 4.78 is 15.2. The van der Waals surface area contributed by atoms with E-state index in [0.29, 0.717) is 19.1 Å². The SMILES string of the molecule is COc1nc(C)c(COPI)o1. The van der Waals surface area contributed by atoms with Gasteiger partial charge in [-0.2, -0.15) is 4.98 Å². The first-order chi connectivity index (χ1) is 5.77. The van der Waals surface area contributed by atoms with E-state index in [4.69, 9.17) is 13.7 Å². The average Bonchev–Trinajstić information content (AvgIpc) is 2.43. The van der Waals surface area contributed by atoms with Crippen LogP contribution in [-0.2, 0) is 11.1 Å². The molecule has 1 aromatic rings. The van der Waals surface area contributed by atoms with Gasteiger partial charge in [-0.3, -0.25) is 0 Å². The number of oxazole rings is 1. The maximum Gasteiger partial charge on any atom is 0.393 e. The molecule has 0 bridgehead atoms. The van der Waals surface area contributed by atoms with Crippen molar-refractivity contribution in [1.29, 1.82) is 0 Å². The molecule has 0 saturated carbocycles. The summed E-state index contributed by atoms with van der Waals surface area (Å²) in [4.78, 5) is 4.01. The number of ether oxygens (including phenoxy) is 1. The van der Waals surface area contributed by atoms with Crippen molar-refractivity contribution in [3.63, 3.8) is 0 Å². The summed E-state index contributed by atoms with van der Waals surface area (Å²) in [5, 5.41) is 0. The molecule has 0 N–H and O–H groups in total. The molecule has 0 aliphatic heterocycles. The molecule has 0 aliphatic carbocycles. The Kier molecular flexibility index (Phi) is 4.25. The van der Waals surface area contributed by atoms with Crippen molar-refractivity contribution >= 4 is 28.5 Å². The summed E-state index contributed by atoms with van der Waals surface area (Å²) in [7, 11) is 1.52. The van der Waals surface area contributed by atoms with Crippen LogP contribution in [0.5, 0.6) is 6.08 Å². The number of hydrogen-bond acceptors (Lipinski definition) is 4. The largest absolute Gasteiger partial charge is 0.454 e. The van der Waals surface area contributed by atoms with Crippen LogP contribution in [0.1, 0.15) is 11.5 Å². The van der Waals surface area contributed by atoms with Crippen LogP contribution in [-0.4, -0.2) is 12.1 Å². The van der Waals surface area contributed by atoms with E-state index in [1.807, 2.05) is 6.92 Å². The third-order valence-electron chi connectivity index (χ3n) is 1.31. The van der Waals surface area contributed by atoms with Gasteiger partial charge < -0.3 is 13.7 Å². The van der Waals surface area contributed by atoms with Gasteiger partial charge in [-0.25, -0.2) is 0 Å². The van der Waals surface area contributed by atoms with Crippen LogP contribution in [0, 0.1) is 6.92 Å². The smallest absolute Gasteiger partial charge is 0.393 e. The van der Waals surface area contributed by atoms with Crippen molar-refractivity contribution in [3.8, 4) is 6.08 Å². The van der Waals surface area contributed by atoms with Crippen LogP contribution >= 0.6 is 28.5 Å². The second-order valence-electron chi connectivity index (χ2n) is 2.06. The van der Waals surface area contributed by atoms with E-state index in [0.717, 1.165) is 11.5 Å². The molecular weight excluding hydrogens is 292 g/mol. The molecule has 0 fully saturated rings. The van der Waals surface area contributed by atoms with Gasteiger partial charge in [0, 0.05) is 0 Å². The maximum atomic E-state index is 5.21. The minimum Gasteiger partial charge on any atom is -0.454 e. The Morgan fingerprint density at radius 3 is 2.92 bits per heavy atom. The Morgan fingerprint density at radius 1 is 1.67 bits per heavy atom. The van der Waals surface area contributed by atoms with Gasteiger partial charge in [-0.05, 0) is 29.0 Å². The minimum absolute atomic E-state index is 0.294. The zero-order valence-corrected chi connectivity index (χ0v) is 9.91. The number of methoxy groups -OCH3 is 1. The van der Waals surface area contributed by atoms with Gasteiger partial charge in [0.2, 0.25) is 0 Å². The molecule has 1 heterocycles. The fraction of sp³-hybridized carbons (Fsp3) is 0.500. The van der Waals surface area contributed by atoms with E-state index in [9.17, 15) is 0 Å². The van der Waals surface area contributed by atoms with Gasteiger partial charge >= 0.3 is 6.08 Å². The zero-order chi connectivity index (χ0) is 8.97. The Labute approximate surface area is 85.4 Å². The lowest BCUT2D eigenvalue weighted by atomic mass is 10.4. The van der Waals surface area contributed by atoms with Crippen LogP contribution in [0.2, 0.25) is 0 Å². The van der Waals surface area contributed by atoms with E-state index in [2.05, 4.69) is 27.0 Å². The average molecular weight is 301 g/mol. The number of halogens is 1. The normalized spacial score (nSPS) is 11.2. The highest BCUT2D eigenvalue weighted by molar-refractivity contribution is 14.2. The number of aryl methyl sites for hydroxylation is 1. The van der Waals surface area contributed by atoms with Crippen molar-refractivity contribution in [2.24, 2.45) is 0 Å². The lowest BCUT2D eigenvalue weighted by Crippen LogP contribution is -1.83. The molecule has 0 aromatic carbocycles. The second-order valence-corrected chi connectivity index (χ2v) is 3.82. The number of nitrogens with zero attached hydrogens (tertiary/aromatic N) is 1. The van der Waals surface area contributed by atoms with Gasteiger partial charge in [-0.15, -0.1) is 0 Å². The van der Waals surface area contributed by atoms with Crippen molar-refractivity contribution in [2.45, 2.75) is 13.5 Å². The fourth-order valence-electron chi connectivity index (χ4n) is 0.715. The summed E-state index contributed by atoms with van der Waals surface area (Å²) in [6.07, 6.45) is 0.294. The topological polar surface area (TPSA) is 44.5 Å². The summed E-state index contributed by atoms with van der Waals surface area (Å²) in [5.41, 5.74) is 0.821. The molecule has 1 atom stereocenters. The third-order valence-corrected chi connectivity index (χ3v) is 2.49. The Balaban J connectivity index is 2.64. The lowest BCUT2D eigenvalue weighted by Gasteiger charge is -1.94. The molecule has 0 radical (unpaired) electrons. The molecule has 68 valence electrons.